The molecule has 0 amide bonds. The number of hydrogen-bond acceptors (Lipinski definition) is 4. The minimum Gasteiger partial charge on any atom is -0.497 e. The van der Waals surface area contributed by atoms with Gasteiger partial charge in [0, 0.05) is 28.7 Å². The molecule has 2 aromatic carbocycles. The highest BCUT2D eigenvalue weighted by atomic mass is 16.5. The van der Waals surface area contributed by atoms with E-state index in [1.165, 1.54) is 6.08 Å². The average Bonchev–Trinajstić information content (AvgIpc) is 3.05. The van der Waals surface area contributed by atoms with E-state index in [1.807, 2.05) is 79.9 Å². The summed E-state index contributed by atoms with van der Waals surface area (Å²) in [6.45, 7) is 5.51. The lowest BCUT2D eigenvalue weighted by Gasteiger charge is -2.10. The quantitative estimate of drug-likeness (QED) is 0.321. The second kappa shape index (κ2) is 9.27. The van der Waals surface area contributed by atoms with Crippen molar-refractivity contribution in [3.05, 3.63) is 88.8 Å². The zero-order valence-electron chi connectivity index (χ0n) is 17.6. The summed E-state index contributed by atoms with van der Waals surface area (Å²) in [6.07, 6.45) is 3.00. The summed E-state index contributed by atoms with van der Waals surface area (Å²) in [5.41, 5.74) is 5.24. The molecular formula is C25H25NO4. The predicted molar refractivity (Wildman–Crippen MR) is 117 cm³/mol. The number of aryl methyl sites for hydroxylation is 2. The van der Waals surface area contributed by atoms with Gasteiger partial charge in [0.2, 0.25) is 5.78 Å². The molecule has 0 aliphatic heterocycles. The maximum Gasteiger partial charge on any atom is 0.331 e. The van der Waals surface area contributed by atoms with E-state index in [2.05, 4.69) is 0 Å². The van der Waals surface area contributed by atoms with Crippen LogP contribution in [0.2, 0.25) is 0 Å². The Kier molecular flexibility index (Phi) is 6.52. The SMILES string of the molecule is COc1ccc(-n2c(C)cc(C(=O)COC(=O)/C=C/c3ccc(C)cc3)c2C)cc1. The van der Waals surface area contributed by atoms with Gasteiger partial charge in [-0.25, -0.2) is 4.79 Å². The van der Waals surface area contributed by atoms with Gasteiger partial charge in [0.1, 0.15) is 5.75 Å². The predicted octanol–water partition coefficient (Wildman–Crippen LogP) is 4.85. The molecule has 0 unspecified atom stereocenters. The number of ether oxygens (including phenoxy) is 2. The van der Waals surface area contributed by atoms with Crippen LogP contribution in [0.15, 0.2) is 60.7 Å². The molecule has 1 aromatic heterocycles. The first-order valence-corrected chi connectivity index (χ1v) is 9.67. The fourth-order valence-electron chi connectivity index (χ4n) is 3.28. The zero-order chi connectivity index (χ0) is 21.7. The summed E-state index contributed by atoms with van der Waals surface area (Å²) in [6, 6.07) is 17.2. The highest BCUT2D eigenvalue weighted by Gasteiger charge is 2.17. The van der Waals surface area contributed by atoms with Crippen molar-refractivity contribution in [2.75, 3.05) is 13.7 Å². The minimum absolute atomic E-state index is 0.236. The van der Waals surface area contributed by atoms with Gasteiger partial charge in [-0.1, -0.05) is 29.8 Å². The van der Waals surface area contributed by atoms with Gasteiger partial charge < -0.3 is 14.0 Å². The summed E-state index contributed by atoms with van der Waals surface area (Å²) >= 11 is 0. The van der Waals surface area contributed by atoms with Crippen molar-refractivity contribution in [1.82, 2.24) is 4.57 Å². The Morgan fingerprint density at radius 2 is 1.63 bits per heavy atom. The molecule has 3 rings (SSSR count). The molecule has 0 bridgehead atoms. The summed E-state index contributed by atoms with van der Waals surface area (Å²) in [4.78, 5) is 24.6. The van der Waals surface area contributed by atoms with Crippen LogP contribution < -0.4 is 4.74 Å². The summed E-state index contributed by atoms with van der Waals surface area (Å²) in [5, 5.41) is 0. The number of nitrogens with zero attached hydrogens (tertiary/aromatic N) is 1. The lowest BCUT2D eigenvalue weighted by atomic mass is 10.1. The molecule has 0 atom stereocenters. The summed E-state index contributed by atoms with van der Waals surface area (Å²) < 4.78 is 12.3. The Morgan fingerprint density at radius 1 is 0.967 bits per heavy atom. The van der Waals surface area contributed by atoms with E-state index in [0.717, 1.165) is 34.0 Å². The van der Waals surface area contributed by atoms with Gasteiger partial charge in [-0.05, 0) is 62.7 Å². The van der Waals surface area contributed by atoms with Gasteiger partial charge in [0.15, 0.2) is 6.61 Å². The van der Waals surface area contributed by atoms with Crippen molar-refractivity contribution in [3.8, 4) is 11.4 Å². The number of rotatable bonds is 7. The number of methoxy groups -OCH3 is 1. The molecule has 0 radical (unpaired) electrons. The molecule has 0 saturated heterocycles. The first kappa shape index (κ1) is 21.1. The fourth-order valence-corrected chi connectivity index (χ4v) is 3.28. The van der Waals surface area contributed by atoms with Crippen LogP contribution in [0.4, 0.5) is 0 Å². The van der Waals surface area contributed by atoms with Crippen LogP contribution in [0.25, 0.3) is 11.8 Å². The van der Waals surface area contributed by atoms with E-state index < -0.39 is 5.97 Å². The number of benzene rings is 2. The Hall–Kier alpha value is -3.60. The third kappa shape index (κ3) is 4.87. The van der Waals surface area contributed by atoms with Crippen LogP contribution in [0.5, 0.6) is 5.75 Å². The lowest BCUT2D eigenvalue weighted by molar-refractivity contribution is -0.136. The second-order valence-electron chi connectivity index (χ2n) is 7.09. The molecule has 5 heteroatoms. The number of Topliss-reactive ketones (excluding diaryl/α,β-unsaturated/α-hetero) is 1. The molecule has 1 heterocycles. The van der Waals surface area contributed by atoms with Crippen LogP contribution >= 0.6 is 0 Å². The molecule has 0 aliphatic carbocycles. The van der Waals surface area contributed by atoms with Gasteiger partial charge in [-0.3, -0.25) is 4.79 Å². The highest BCUT2D eigenvalue weighted by Crippen LogP contribution is 2.23. The van der Waals surface area contributed by atoms with Crippen molar-refractivity contribution >= 4 is 17.8 Å². The smallest absolute Gasteiger partial charge is 0.331 e. The number of hydrogen-bond donors (Lipinski definition) is 0. The molecule has 30 heavy (non-hydrogen) atoms. The normalized spacial score (nSPS) is 10.9. The van der Waals surface area contributed by atoms with Gasteiger partial charge in [0.25, 0.3) is 0 Å². The number of carbonyl (C=O) groups excluding carboxylic acids is 2. The Bertz CT molecular complexity index is 1070. The summed E-state index contributed by atoms with van der Waals surface area (Å²) in [7, 11) is 1.62. The molecule has 0 saturated carbocycles. The molecule has 0 aliphatic rings. The monoisotopic (exact) mass is 403 g/mol. The molecule has 0 N–H and O–H groups in total. The fraction of sp³-hybridized carbons (Fsp3) is 0.200. The number of aromatic nitrogens is 1. The van der Waals surface area contributed by atoms with E-state index in [4.69, 9.17) is 9.47 Å². The molecule has 0 fully saturated rings. The second-order valence-corrected chi connectivity index (χ2v) is 7.09. The van der Waals surface area contributed by atoms with Crippen LogP contribution in [0.1, 0.15) is 32.9 Å². The molecule has 3 aromatic rings. The molecule has 5 nitrogen and oxygen atoms in total. The van der Waals surface area contributed by atoms with Crippen molar-refractivity contribution < 1.29 is 19.1 Å². The maximum atomic E-state index is 12.6. The Balaban J connectivity index is 1.66. The molecule has 154 valence electrons. The molecular weight excluding hydrogens is 378 g/mol. The first-order chi connectivity index (χ1) is 14.4. The Labute approximate surface area is 176 Å². The number of carbonyl (C=O) groups is 2. The van der Waals surface area contributed by atoms with E-state index >= 15 is 0 Å². The minimum atomic E-state index is -0.548. The van der Waals surface area contributed by atoms with Gasteiger partial charge >= 0.3 is 5.97 Å². The van der Waals surface area contributed by atoms with Crippen LogP contribution in [-0.2, 0) is 9.53 Å². The van der Waals surface area contributed by atoms with Gasteiger partial charge in [-0.15, -0.1) is 0 Å². The first-order valence-electron chi connectivity index (χ1n) is 9.67. The third-order valence-electron chi connectivity index (χ3n) is 4.90. The Morgan fingerprint density at radius 3 is 2.27 bits per heavy atom. The topological polar surface area (TPSA) is 57.5 Å². The van der Waals surface area contributed by atoms with Crippen molar-refractivity contribution in [3.63, 3.8) is 0 Å². The largest absolute Gasteiger partial charge is 0.497 e. The van der Waals surface area contributed by atoms with Crippen LogP contribution in [-0.4, -0.2) is 30.0 Å². The molecule has 0 spiro atoms. The lowest BCUT2D eigenvalue weighted by Crippen LogP contribution is -2.13. The van der Waals surface area contributed by atoms with Crippen LogP contribution in [0, 0.1) is 20.8 Å². The van der Waals surface area contributed by atoms with E-state index in [0.29, 0.717) is 5.56 Å². The van der Waals surface area contributed by atoms with Crippen LogP contribution in [0.3, 0.4) is 0 Å². The standard InChI is InChI=1S/C25H25NO4/c1-17-5-7-20(8-6-17)9-14-25(28)30-16-24(27)23-15-18(2)26(19(23)3)21-10-12-22(29-4)13-11-21/h5-15H,16H2,1-4H3/b14-9+. The van der Waals surface area contributed by atoms with Gasteiger partial charge in [-0.2, -0.15) is 0 Å². The van der Waals surface area contributed by atoms with Crippen molar-refractivity contribution in [2.24, 2.45) is 0 Å². The van der Waals surface area contributed by atoms with E-state index in [1.54, 1.807) is 13.2 Å². The number of esters is 1. The highest BCUT2D eigenvalue weighted by molar-refractivity contribution is 6.00. The number of ketones is 1. The van der Waals surface area contributed by atoms with Gasteiger partial charge in [0.05, 0.1) is 7.11 Å². The maximum absolute atomic E-state index is 12.6. The zero-order valence-corrected chi connectivity index (χ0v) is 17.6. The van der Waals surface area contributed by atoms with Crippen molar-refractivity contribution in [1.29, 1.82) is 0 Å². The van der Waals surface area contributed by atoms with E-state index in [9.17, 15) is 9.59 Å². The van der Waals surface area contributed by atoms with E-state index in [-0.39, 0.29) is 12.4 Å². The third-order valence-corrected chi connectivity index (χ3v) is 4.90. The van der Waals surface area contributed by atoms with Crippen molar-refractivity contribution in [2.45, 2.75) is 20.8 Å². The summed E-state index contributed by atoms with van der Waals surface area (Å²) in [5.74, 6) is -0.0176. The average molecular weight is 403 g/mol.